The van der Waals surface area contributed by atoms with Gasteiger partial charge in [0.2, 0.25) is 10.0 Å². The molecule has 0 fully saturated rings. The summed E-state index contributed by atoms with van der Waals surface area (Å²) in [6.07, 6.45) is 5.06. The van der Waals surface area contributed by atoms with E-state index in [4.69, 9.17) is 5.14 Å². The van der Waals surface area contributed by atoms with E-state index >= 15 is 0 Å². The van der Waals surface area contributed by atoms with E-state index in [1.165, 1.54) is 36.3 Å². The zero-order chi connectivity index (χ0) is 18.1. The molecule has 1 aromatic rings. The molecule has 0 saturated carbocycles. The molecule has 24 heavy (non-hydrogen) atoms. The Labute approximate surface area is 143 Å². The summed E-state index contributed by atoms with van der Waals surface area (Å²) in [5.74, 6) is -0.230. The minimum atomic E-state index is -3.69. The molecule has 0 radical (unpaired) electrons. The summed E-state index contributed by atoms with van der Waals surface area (Å²) in [5.41, 5.74) is 4.51. The lowest BCUT2D eigenvalue weighted by Crippen LogP contribution is -2.11. The van der Waals surface area contributed by atoms with Crippen LogP contribution < -0.4 is 5.14 Å². The van der Waals surface area contributed by atoms with Crippen LogP contribution in [0.5, 0.6) is 0 Å². The van der Waals surface area contributed by atoms with Gasteiger partial charge in [-0.15, -0.1) is 0 Å². The summed E-state index contributed by atoms with van der Waals surface area (Å²) in [6, 6.07) is 6.65. The van der Waals surface area contributed by atoms with Crippen LogP contribution in [0.15, 0.2) is 58.3 Å². The number of nitrogens with two attached hydrogens (primary N) is 1. The number of sulfonamides is 1. The van der Waals surface area contributed by atoms with E-state index in [2.05, 4.69) is 13.8 Å². The Morgan fingerprint density at radius 3 is 2.21 bits per heavy atom. The first-order valence-corrected chi connectivity index (χ1v) is 9.40. The van der Waals surface area contributed by atoms with Gasteiger partial charge in [-0.25, -0.2) is 17.9 Å². The van der Waals surface area contributed by atoms with E-state index in [0.717, 1.165) is 24.0 Å². The van der Waals surface area contributed by atoms with Crippen LogP contribution in [0.2, 0.25) is 0 Å². The molecule has 5 heteroatoms. The topological polar surface area (TPSA) is 60.2 Å². The fraction of sp³-hybridized carbons (Fsp3) is 0.368. The third-order valence-electron chi connectivity index (χ3n) is 4.25. The fourth-order valence-corrected chi connectivity index (χ4v) is 3.59. The molecule has 0 aromatic heterocycles. The van der Waals surface area contributed by atoms with Gasteiger partial charge in [0.1, 0.15) is 0 Å². The van der Waals surface area contributed by atoms with Crippen molar-refractivity contribution in [3.8, 4) is 0 Å². The van der Waals surface area contributed by atoms with Gasteiger partial charge in [-0.2, -0.15) is 0 Å². The summed E-state index contributed by atoms with van der Waals surface area (Å²) >= 11 is 0. The summed E-state index contributed by atoms with van der Waals surface area (Å²) in [6.45, 7) is 7.79. The van der Waals surface area contributed by atoms with Crippen molar-refractivity contribution in [2.75, 3.05) is 0 Å². The van der Waals surface area contributed by atoms with Crippen molar-refractivity contribution in [3.63, 3.8) is 0 Å². The van der Waals surface area contributed by atoms with Crippen molar-refractivity contribution in [1.29, 1.82) is 0 Å². The normalized spacial score (nSPS) is 19.1. The molecule has 130 valence electrons. The lowest BCUT2D eigenvalue weighted by atomic mass is 9.87. The predicted octanol–water partition coefficient (Wildman–Crippen LogP) is 4.73. The van der Waals surface area contributed by atoms with Crippen LogP contribution in [-0.2, 0) is 10.0 Å². The Balaban J connectivity index is 2.48. The molecule has 2 N–H and O–H groups in total. The highest BCUT2D eigenvalue weighted by Gasteiger charge is 2.31. The van der Waals surface area contributed by atoms with Gasteiger partial charge < -0.3 is 0 Å². The van der Waals surface area contributed by atoms with Crippen molar-refractivity contribution >= 4 is 15.6 Å². The molecule has 3 nitrogen and oxygen atoms in total. The Hall–Kier alpha value is -1.72. The Bertz CT molecular complexity index is 825. The summed E-state index contributed by atoms with van der Waals surface area (Å²) in [7, 11) is -3.69. The quantitative estimate of drug-likeness (QED) is 0.799. The molecule has 0 heterocycles. The zero-order valence-corrected chi connectivity index (χ0v) is 15.4. The number of hydrogen-bond acceptors (Lipinski definition) is 2. The van der Waals surface area contributed by atoms with Crippen molar-refractivity contribution in [2.24, 2.45) is 10.6 Å². The number of halogens is 1. The molecular formula is C19H24FNO2S. The standard InChI is InChI=1S/C19H24FNO2S/c1-13(5-6-14(2)20)17-11-19(3,4)12-18(17)15-7-9-16(10-8-15)24(21,22)23/h5-10H,11-12H2,1-4H3,(H2,21,22,23)/b13-5+,14-6+. The van der Waals surface area contributed by atoms with Crippen molar-refractivity contribution < 1.29 is 12.8 Å². The van der Waals surface area contributed by atoms with E-state index in [0.29, 0.717) is 0 Å². The highest BCUT2D eigenvalue weighted by atomic mass is 32.2. The van der Waals surface area contributed by atoms with Gasteiger partial charge in [-0.3, -0.25) is 0 Å². The number of primary sulfonamides is 1. The van der Waals surface area contributed by atoms with Crippen molar-refractivity contribution in [1.82, 2.24) is 0 Å². The maximum atomic E-state index is 13.0. The van der Waals surface area contributed by atoms with Crippen molar-refractivity contribution in [3.05, 3.63) is 59.0 Å². The van der Waals surface area contributed by atoms with Crippen LogP contribution in [0.25, 0.3) is 5.57 Å². The van der Waals surface area contributed by atoms with Crippen LogP contribution in [0, 0.1) is 5.41 Å². The zero-order valence-electron chi connectivity index (χ0n) is 14.6. The molecule has 1 aliphatic rings. The predicted molar refractivity (Wildman–Crippen MR) is 96.4 cm³/mol. The summed E-state index contributed by atoms with van der Waals surface area (Å²) < 4.78 is 35.8. The third kappa shape index (κ3) is 4.42. The molecular weight excluding hydrogens is 325 g/mol. The smallest absolute Gasteiger partial charge is 0.225 e. The third-order valence-corrected chi connectivity index (χ3v) is 5.17. The maximum Gasteiger partial charge on any atom is 0.238 e. The Morgan fingerprint density at radius 1 is 1.12 bits per heavy atom. The summed E-state index contributed by atoms with van der Waals surface area (Å²) in [4.78, 5) is 0.105. The Kier molecular flexibility index (Phi) is 5.16. The van der Waals surface area contributed by atoms with Crippen LogP contribution in [0.4, 0.5) is 4.39 Å². The minimum absolute atomic E-state index is 0.105. The monoisotopic (exact) mass is 349 g/mol. The molecule has 0 atom stereocenters. The second kappa shape index (κ2) is 6.65. The van der Waals surface area contributed by atoms with Gasteiger partial charge >= 0.3 is 0 Å². The molecule has 0 spiro atoms. The van der Waals surface area contributed by atoms with E-state index in [9.17, 15) is 12.8 Å². The second-order valence-electron chi connectivity index (χ2n) is 7.15. The first-order valence-electron chi connectivity index (χ1n) is 7.86. The lowest BCUT2D eigenvalue weighted by molar-refractivity contribution is 0.398. The molecule has 0 amide bonds. The molecule has 1 aliphatic carbocycles. The molecule has 0 aliphatic heterocycles. The van der Waals surface area contributed by atoms with Gasteiger partial charge in [-0.05, 0) is 72.6 Å². The summed E-state index contributed by atoms with van der Waals surface area (Å²) in [5, 5.41) is 5.16. The largest absolute Gasteiger partial charge is 0.238 e. The molecule has 2 rings (SSSR count). The molecule has 0 unspecified atom stereocenters. The van der Waals surface area contributed by atoms with E-state index in [1.54, 1.807) is 18.2 Å². The van der Waals surface area contributed by atoms with E-state index in [-0.39, 0.29) is 16.1 Å². The first-order chi connectivity index (χ1) is 11.0. The fourth-order valence-electron chi connectivity index (χ4n) is 3.07. The molecule has 0 saturated heterocycles. The van der Waals surface area contributed by atoms with Crippen molar-refractivity contribution in [2.45, 2.75) is 45.4 Å². The van der Waals surface area contributed by atoms with Crippen LogP contribution in [0.1, 0.15) is 46.1 Å². The Morgan fingerprint density at radius 2 is 1.71 bits per heavy atom. The van der Waals surface area contributed by atoms with Gasteiger partial charge in [0, 0.05) is 0 Å². The van der Waals surface area contributed by atoms with Gasteiger partial charge in [-0.1, -0.05) is 32.1 Å². The average molecular weight is 349 g/mol. The number of allylic oxidation sites excluding steroid dienone is 6. The first kappa shape index (κ1) is 18.6. The lowest BCUT2D eigenvalue weighted by Gasteiger charge is -2.17. The maximum absolute atomic E-state index is 13.0. The van der Waals surface area contributed by atoms with Crippen LogP contribution in [-0.4, -0.2) is 8.42 Å². The number of rotatable bonds is 4. The molecule has 0 bridgehead atoms. The van der Waals surface area contributed by atoms with Gasteiger partial charge in [0.15, 0.2) is 0 Å². The van der Waals surface area contributed by atoms with Gasteiger partial charge in [0.05, 0.1) is 10.7 Å². The second-order valence-corrected chi connectivity index (χ2v) is 8.71. The van der Waals surface area contributed by atoms with E-state index in [1.807, 2.05) is 6.92 Å². The molecule has 1 aromatic carbocycles. The van der Waals surface area contributed by atoms with Crippen LogP contribution >= 0.6 is 0 Å². The highest BCUT2D eigenvalue weighted by molar-refractivity contribution is 7.89. The number of hydrogen-bond donors (Lipinski definition) is 1. The average Bonchev–Trinajstić information content (AvgIpc) is 2.80. The van der Waals surface area contributed by atoms with Crippen LogP contribution in [0.3, 0.4) is 0 Å². The van der Waals surface area contributed by atoms with Gasteiger partial charge in [0.25, 0.3) is 0 Å². The highest BCUT2D eigenvalue weighted by Crippen LogP contribution is 2.48. The SMILES string of the molecule is C/C(F)=C\C=C(/C)C1=C(c2ccc(S(N)(=O)=O)cc2)CC(C)(C)C1. The minimum Gasteiger partial charge on any atom is -0.225 e. The van der Waals surface area contributed by atoms with E-state index < -0.39 is 10.0 Å². The number of benzene rings is 1.